The molecule has 0 radical (unpaired) electrons. The van der Waals surface area contributed by atoms with Crippen molar-refractivity contribution in [2.24, 2.45) is 0 Å². The molecule has 5 heteroatoms. The lowest BCUT2D eigenvalue weighted by atomic mass is 9.99. The summed E-state index contributed by atoms with van der Waals surface area (Å²) in [5.41, 5.74) is 3.47. The molecule has 0 spiro atoms. The van der Waals surface area contributed by atoms with E-state index in [4.69, 9.17) is 0 Å². The van der Waals surface area contributed by atoms with Crippen molar-refractivity contribution in [2.45, 2.75) is 39.7 Å². The average Bonchev–Trinajstić information content (AvgIpc) is 2.53. The fourth-order valence-corrected chi connectivity index (χ4v) is 2.98. The molecule has 120 valence electrons. The molecule has 1 amide bonds. The largest absolute Gasteiger partial charge is 0.307 e. The minimum absolute atomic E-state index is 0.0773. The Morgan fingerprint density at radius 3 is 2.74 bits per heavy atom. The number of benzene rings is 1. The molecule has 2 aromatic rings. The van der Waals surface area contributed by atoms with Crippen LogP contribution in [0.4, 0.5) is 5.69 Å². The Bertz CT molecular complexity index is 808. The summed E-state index contributed by atoms with van der Waals surface area (Å²) in [5, 5.41) is 4.25. The van der Waals surface area contributed by atoms with Gasteiger partial charge in [0.2, 0.25) is 0 Å². The van der Waals surface area contributed by atoms with Crippen molar-refractivity contribution in [3.05, 3.63) is 57.5 Å². The van der Waals surface area contributed by atoms with Crippen LogP contribution >= 0.6 is 0 Å². The Morgan fingerprint density at radius 1 is 1.22 bits per heavy atom. The Morgan fingerprint density at radius 2 is 2.00 bits per heavy atom. The standard InChI is InChI=1S/C18H21N3O2/c1-12(2)21-17(22)9-7-15(19-21)18(23)20-10-4-5-14-11-13(3)6-8-16(14)20/h6-9,11-12H,4-5,10H2,1-3H3. The zero-order valence-corrected chi connectivity index (χ0v) is 13.7. The number of anilines is 1. The summed E-state index contributed by atoms with van der Waals surface area (Å²) in [6.07, 6.45) is 1.92. The van der Waals surface area contributed by atoms with Gasteiger partial charge in [0.25, 0.3) is 11.5 Å². The SMILES string of the molecule is Cc1ccc2c(c1)CCCN2C(=O)c1ccc(=O)n(C(C)C)n1. The topological polar surface area (TPSA) is 55.2 Å². The molecule has 23 heavy (non-hydrogen) atoms. The lowest BCUT2D eigenvalue weighted by Gasteiger charge is -2.29. The number of fused-ring (bicyclic) bond motifs is 1. The molecule has 1 aromatic carbocycles. The van der Waals surface area contributed by atoms with Crippen LogP contribution in [-0.2, 0) is 6.42 Å². The van der Waals surface area contributed by atoms with Gasteiger partial charge in [-0.25, -0.2) is 4.68 Å². The van der Waals surface area contributed by atoms with Crippen LogP contribution in [0.3, 0.4) is 0 Å². The monoisotopic (exact) mass is 311 g/mol. The molecule has 0 fully saturated rings. The van der Waals surface area contributed by atoms with Crippen molar-refractivity contribution in [1.82, 2.24) is 9.78 Å². The molecule has 5 nitrogen and oxygen atoms in total. The maximum atomic E-state index is 12.9. The molecule has 0 atom stereocenters. The van der Waals surface area contributed by atoms with Gasteiger partial charge in [0.05, 0.1) is 6.04 Å². The van der Waals surface area contributed by atoms with Crippen LogP contribution in [0, 0.1) is 6.92 Å². The zero-order chi connectivity index (χ0) is 16.6. The van der Waals surface area contributed by atoms with Crippen molar-refractivity contribution < 1.29 is 4.79 Å². The van der Waals surface area contributed by atoms with Crippen LogP contribution in [0.2, 0.25) is 0 Å². The van der Waals surface area contributed by atoms with Gasteiger partial charge in [0.1, 0.15) is 5.69 Å². The molecule has 1 aromatic heterocycles. The van der Waals surface area contributed by atoms with Gasteiger partial charge >= 0.3 is 0 Å². The van der Waals surface area contributed by atoms with E-state index in [2.05, 4.69) is 18.1 Å². The fraction of sp³-hybridized carbons (Fsp3) is 0.389. The Kier molecular flexibility index (Phi) is 4.03. The first kappa shape index (κ1) is 15.5. The summed E-state index contributed by atoms with van der Waals surface area (Å²) in [6, 6.07) is 9.02. The van der Waals surface area contributed by atoms with E-state index in [9.17, 15) is 9.59 Å². The fourth-order valence-electron chi connectivity index (χ4n) is 2.98. The Hall–Kier alpha value is -2.43. The summed E-state index contributed by atoms with van der Waals surface area (Å²) < 4.78 is 1.35. The van der Waals surface area contributed by atoms with Crippen LogP contribution < -0.4 is 10.5 Å². The maximum Gasteiger partial charge on any atom is 0.278 e. The van der Waals surface area contributed by atoms with E-state index < -0.39 is 0 Å². The number of aromatic nitrogens is 2. The summed E-state index contributed by atoms with van der Waals surface area (Å²) in [7, 11) is 0. The van der Waals surface area contributed by atoms with Gasteiger partial charge in [0, 0.05) is 18.3 Å². The van der Waals surface area contributed by atoms with Crippen molar-refractivity contribution in [3.8, 4) is 0 Å². The van der Waals surface area contributed by atoms with Crippen molar-refractivity contribution in [3.63, 3.8) is 0 Å². The first-order chi connectivity index (χ1) is 11.0. The highest BCUT2D eigenvalue weighted by Crippen LogP contribution is 2.28. The molecule has 0 saturated carbocycles. The molecule has 3 rings (SSSR count). The second kappa shape index (κ2) is 5.99. The van der Waals surface area contributed by atoms with Crippen LogP contribution in [0.25, 0.3) is 0 Å². The van der Waals surface area contributed by atoms with E-state index in [0.717, 1.165) is 18.5 Å². The normalized spacial score (nSPS) is 14.0. The van der Waals surface area contributed by atoms with E-state index in [1.807, 2.05) is 26.0 Å². The lowest BCUT2D eigenvalue weighted by Crippen LogP contribution is -2.37. The van der Waals surface area contributed by atoms with Gasteiger partial charge in [-0.05, 0) is 51.3 Å². The third kappa shape index (κ3) is 2.91. The second-order valence-corrected chi connectivity index (χ2v) is 6.29. The molecule has 2 heterocycles. The van der Waals surface area contributed by atoms with Crippen LogP contribution in [0.1, 0.15) is 47.9 Å². The highest BCUT2D eigenvalue weighted by molar-refractivity contribution is 6.05. The van der Waals surface area contributed by atoms with Crippen LogP contribution in [-0.4, -0.2) is 22.2 Å². The number of aryl methyl sites for hydroxylation is 2. The Labute approximate surface area is 135 Å². The summed E-state index contributed by atoms with van der Waals surface area (Å²) in [4.78, 5) is 26.5. The zero-order valence-electron chi connectivity index (χ0n) is 13.7. The third-order valence-electron chi connectivity index (χ3n) is 4.13. The highest BCUT2D eigenvalue weighted by atomic mass is 16.2. The van der Waals surface area contributed by atoms with E-state index in [1.54, 1.807) is 4.90 Å². The lowest BCUT2D eigenvalue weighted by molar-refractivity contribution is 0.0977. The molecule has 0 aliphatic carbocycles. The first-order valence-electron chi connectivity index (χ1n) is 7.98. The number of carbonyl (C=O) groups is 1. The summed E-state index contributed by atoms with van der Waals surface area (Å²) in [6.45, 7) is 6.49. The number of rotatable bonds is 2. The first-order valence-corrected chi connectivity index (χ1v) is 7.98. The van der Waals surface area contributed by atoms with Crippen LogP contribution in [0.15, 0.2) is 35.1 Å². The minimum atomic E-state index is -0.189. The summed E-state index contributed by atoms with van der Waals surface area (Å²) in [5.74, 6) is -0.149. The number of hydrogen-bond acceptors (Lipinski definition) is 3. The molecule has 1 aliphatic heterocycles. The van der Waals surface area contributed by atoms with E-state index in [0.29, 0.717) is 12.2 Å². The number of carbonyl (C=O) groups excluding carboxylic acids is 1. The van der Waals surface area contributed by atoms with E-state index in [1.165, 1.54) is 27.9 Å². The highest BCUT2D eigenvalue weighted by Gasteiger charge is 2.25. The smallest absolute Gasteiger partial charge is 0.278 e. The van der Waals surface area contributed by atoms with Crippen molar-refractivity contribution in [1.29, 1.82) is 0 Å². The number of amides is 1. The van der Waals surface area contributed by atoms with Crippen molar-refractivity contribution in [2.75, 3.05) is 11.4 Å². The van der Waals surface area contributed by atoms with Crippen LogP contribution in [0.5, 0.6) is 0 Å². The number of hydrogen-bond donors (Lipinski definition) is 0. The molecular formula is C18H21N3O2. The molecule has 0 N–H and O–H groups in total. The molecule has 0 saturated heterocycles. The van der Waals surface area contributed by atoms with Crippen molar-refractivity contribution >= 4 is 11.6 Å². The molecule has 1 aliphatic rings. The Balaban J connectivity index is 1.99. The van der Waals surface area contributed by atoms with E-state index >= 15 is 0 Å². The third-order valence-corrected chi connectivity index (χ3v) is 4.13. The minimum Gasteiger partial charge on any atom is -0.307 e. The van der Waals surface area contributed by atoms with Gasteiger partial charge in [-0.15, -0.1) is 0 Å². The average molecular weight is 311 g/mol. The number of nitrogens with zero attached hydrogens (tertiary/aromatic N) is 3. The van der Waals surface area contributed by atoms with E-state index in [-0.39, 0.29) is 17.5 Å². The van der Waals surface area contributed by atoms with Gasteiger partial charge in [-0.3, -0.25) is 9.59 Å². The molecular weight excluding hydrogens is 290 g/mol. The molecule has 0 bridgehead atoms. The quantitative estimate of drug-likeness (QED) is 0.857. The molecule has 0 unspecified atom stereocenters. The van der Waals surface area contributed by atoms with Gasteiger partial charge in [-0.1, -0.05) is 17.7 Å². The van der Waals surface area contributed by atoms with Gasteiger partial charge in [-0.2, -0.15) is 5.10 Å². The second-order valence-electron chi connectivity index (χ2n) is 6.29. The van der Waals surface area contributed by atoms with Gasteiger partial charge in [0.15, 0.2) is 0 Å². The summed E-state index contributed by atoms with van der Waals surface area (Å²) >= 11 is 0. The maximum absolute atomic E-state index is 12.9. The van der Waals surface area contributed by atoms with Gasteiger partial charge < -0.3 is 4.90 Å². The predicted octanol–water partition coefficient (Wildman–Crippen LogP) is 2.73. The predicted molar refractivity (Wildman–Crippen MR) is 90.1 cm³/mol.